The molecule has 6 nitrogen and oxygen atoms in total. The Labute approximate surface area is 150 Å². The van der Waals surface area contributed by atoms with Gasteiger partial charge < -0.3 is 14.5 Å². The third-order valence-electron chi connectivity index (χ3n) is 3.42. The second kappa shape index (κ2) is 9.03. The number of rotatable bonds is 8. The van der Waals surface area contributed by atoms with Crippen molar-refractivity contribution in [2.24, 2.45) is 0 Å². The Morgan fingerprint density at radius 1 is 1.16 bits per heavy atom. The minimum Gasteiger partial charge on any atom is -0.467 e. The van der Waals surface area contributed by atoms with Gasteiger partial charge in [0.2, 0.25) is 0 Å². The fraction of sp³-hybridized carbons (Fsp3) is 0.278. The number of halogens is 1. The molecule has 1 heterocycles. The zero-order chi connectivity index (χ0) is 18.2. The van der Waals surface area contributed by atoms with Crippen LogP contribution in [0.25, 0.3) is 0 Å². The third-order valence-corrected chi connectivity index (χ3v) is 3.67. The molecule has 2 rings (SSSR count). The van der Waals surface area contributed by atoms with Crippen LogP contribution in [0, 0.1) is 0 Å². The zero-order valence-electron chi connectivity index (χ0n) is 13.7. The van der Waals surface area contributed by atoms with E-state index in [1.807, 2.05) is 0 Å². The fourth-order valence-corrected chi connectivity index (χ4v) is 2.16. The summed E-state index contributed by atoms with van der Waals surface area (Å²) in [5, 5.41) is 3.13. The lowest BCUT2D eigenvalue weighted by molar-refractivity contribution is -0.154. The van der Waals surface area contributed by atoms with E-state index in [1.54, 1.807) is 36.4 Å². The van der Waals surface area contributed by atoms with Gasteiger partial charge in [-0.05, 0) is 43.3 Å². The Kier molecular flexibility index (Phi) is 6.77. The van der Waals surface area contributed by atoms with Crippen molar-refractivity contribution in [2.45, 2.75) is 32.4 Å². The number of hydrogen-bond acceptors (Lipinski definition) is 5. The number of furan rings is 1. The van der Waals surface area contributed by atoms with E-state index in [0.717, 1.165) is 0 Å². The lowest BCUT2D eigenvalue weighted by Gasteiger charge is -2.12. The number of nitrogens with one attached hydrogen (secondary N) is 1. The van der Waals surface area contributed by atoms with Gasteiger partial charge >= 0.3 is 5.97 Å². The summed E-state index contributed by atoms with van der Waals surface area (Å²) in [7, 11) is 0. The first-order valence-electron chi connectivity index (χ1n) is 7.74. The smallest absolute Gasteiger partial charge is 0.307 e. The van der Waals surface area contributed by atoms with Gasteiger partial charge in [0.15, 0.2) is 11.9 Å². The van der Waals surface area contributed by atoms with E-state index in [-0.39, 0.29) is 25.2 Å². The summed E-state index contributed by atoms with van der Waals surface area (Å²) < 4.78 is 10.1. The number of ketones is 1. The molecule has 0 saturated heterocycles. The Bertz CT molecular complexity index is 724. The summed E-state index contributed by atoms with van der Waals surface area (Å²) in [6.07, 6.45) is 0.453. The molecule has 7 heteroatoms. The molecule has 0 spiro atoms. The van der Waals surface area contributed by atoms with Gasteiger partial charge in [-0.2, -0.15) is 0 Å². The van der Waals surface area contributed by atoms with E-state index >= 15 is 0 Å². The van der Waals surface area contributed by atoms with Gasteiger partial charge in [0.25, 0.3) is 5.91 Å². The van der Waals surface area contributed by atoms with E-state index in [1.165, 1.54) is 13.2 Å². The monoisotopic (exact) mass is 363 g/mol. The number of Topliss-reactive ketones (excluding diaryl/α,β-unsaturated/α-hetero) is 1. The van der Waals surface area contributed by atoms with Crippen LogP contribution in [0.3, 0.4) is 0 Å². The molecule has 1 aromatic heterocycles. The Balaban J connectivity index is 1.72. The first-order chi connectivity index (χ1) is 12.0. The lowest BCUT2D eigenvalue weighted by atomic mass is 10.1. The first-order valence-corrected chi connectivity index (χ1v) is 8.12. The van der Waals surface area contributed by atoms with E-state index in [9.17, 15) is 14.4 Å². The summed E-state index contributed by atoms with van der Waals surface area (Å²) in [4.78, 5) is 35.6. The van der Waals surface area contributed by atoms with Crippen molar-refractivity contribution >= 4 is 29.3 Å². The van der Waals surface area contributed by atoms with Crippen molar-refractivity contribution < 1.29 is 23.5 Å². The van der Waals surface area contributed by atoms with Gasteiger partial charge in [0.1, 0.15) is 5.76 Å². The van der Waals surface area contributed by atoms with Crippen LogP contribution in [0.1, 0.15) is 35.9 Å². The maximum Gasteiger partial charge on any atom is 0.307 e. The standard InChI is InChI=1S/C18H18ClNO5/c1-12(18(23)20-11-15-3-2-10-24-15)25-17(22)9-8-16(21)13-4-6-14(19)7-5-13/h2-7,10,12H,8-9,11H2,1H3,(H,20,23)/t12-/m1/s1. The van der Waals surface area contributed by atoms with Crippen molar-refractivity contribution in [3.63, 3.8) is 0 Å². The van der Waals surface area contributed by atoms with Crippen LogP contribution in [-0.2, 0) is 20.9 Å². The predicted molar refractivity (Wildman–Crippen MR) is 91.1 cm³/mol. The normalized spacial score (nSPS) is 11.6. The second-order valence-electron chi connectivity index (χ2n) is 5.36. The minimum absolute atomic E-state index is 0.00119. The number of hydrogen-bond donors (Lipinski definition) is 1. The highest BCUT2D eigenvalue weighted by molar-refractivity contribution is 6.30. The zero-order valence-corrected chi connectivity index (χ0v) is 14.4. The molecule has 0 aliphatic rings. The molecule has 2 aromatic rings. The first kappa shape index (κ1) is 18.7. The molecular weight excluding hydrogens is 346 g/mol. The number of esters is 1. The second-order valence-corrected chi connectivity index (χ2v) is 5.80. The van der Waals surface area contributed by atoms with E-state index < -0.39 is 18.0 Å². The van der Waals surface area contributed by atoms with Gasteiger partial charge in [-0.3, -0.25) is 14.4 Å². The number of benzene rings is 1. The van der Waals surface area contributed by atoms with Crippen LogP contribution in [0.4, 0.5) is 0 Å². The van der Waals surface area contributed by atoms with Crippen molar-refractivity contribution in [1.29, 1.82) is 0 Å². The molecular formula is C18H18ClNO5. The van der Waals surface area contributed by atoms with Gasteiger partial charge in [0.05, 0.1) is 19.2 Å². The number of carbonyl (C=O) groups is 3. The van der Waals surface area contributed by atoms with Crippen molar-refractivity contribution in [2.75, 3.05) is 0 Å². The molecule has 25 heavy (non-hydrogen) atoms. The maximum absolute atomic E-state index is 12.0. The quantitative estimate of drug-likeness (QED) is 0.575. The summed E-state index contributed by atoms with van der Waals surface area (Å²) in [6, 6.07) is 9.85. The highest BCUT2D eigenvalue weighted by atomic mass is 35.5. The predicted octanol–water partition coefficient (Wildman–Crippen LogP) is 3.14. The lowest BCUT2D eigenvalue weighted by Crippen LogP contribution is -2.35. The molecule has 132 valence electrons. The highest BCUT2D eigenvalue weighted by Gasteiger charge is 2.18. The van der Waals surface area contributed by atoms with Gasteiger partial charge in [0, 0.05) is 17.0 Å². The van der Waals surface area contributed by atoms with Gasteiger partial charge in [-0.1, -0.05) is 11.6 Å². The number of ether oxygens (including phenoxy) is 1. The van der Waals surface area contributed by atoms with Crippen LogP contribution in [0.15, 0.2) is 47.1 Å². The van der Waals surface area contributed by atoms with Gasteiger partial charge in [-0.15, -0.1) is 0 Å². The molecule has 1 amide bonds. The van der Waals surface area contributed by atoms with Crippen LogP contribution in [0.2, 0.25) is 5.02 Å². The Morgan fingerprint density at radius 2 is 1.88 bits per heavy atom. The summed E-state index contributed by atoms with van der Waals surface area (Å²) in [5.41, 5.74) is 0.474. The summed E-state index contributed by atoms with van der Waals surface area (Å²) in [5.74, 6) is -0.638. The molecule has 0 saturated carbocycles. The van der Waals surface area contributed by atoms with Crippen LogP contribution < -0.4 is 5.32 Å². The van der Waals surface area contributed by atoms with Crippen LogP contribution in [-0.4, -0.2) is 23.8 Å². The number of carbonyl (C=O) groups excluding carboxylic acids is 3. The summed E-state index contributed by atoms with van der Waals surface area (Å²) >= 11 is 5.76. The van der Waals surface area contributed by atoms with Crippen molar-refractivity contribution in [3.05, 3.63) is 59.0 Å². The largest absolute Gasteiger partial charge is 0.467 e. The van der Waals surface area contributed by atoms with E-state index in [2.05, 4.69) is 5.32 Å². The molecule has 0 unspecified atom stereocenters. The summed E-state index contributed by atoms with van der Waals surface area (Å²) in [6.45, 7) is 1.68. The van der Waals surface area contributed by atoms with E-state index in [4.69, 9.17) is 20.8 Å². The highest BCUT2D eigenvalue weighted by Crippen LogP contribution is 2.12. The average Bonchev–Trinajstić information content (AvgIpc) is 3.11. The molecule has 0 radical (unpaired) electrons. The minimum atomic E-state index is -0.951. The van der Waals surface area contributed by atoms with Crippen molar-refractivity contribution in [3.8, 4) is 0 Å². The van der Waals surface area contributed by atoms with Crippen LogP contribution >= 0.6 is 11.6 Å². The molecule has 1 aromatic carbocycles. The Hall–Kier alpha value is -2.60. The molecule has 0 aliphatic carbocycles. The SMILES string of the molecule is C[C@@H](OC(=O)CCC(=O)c1ccc(Cl)cc1)C(=O)NCc1ccco1. The van der Waals surface area contributed by atoms with Gasteiger partial charge in [-0.25, -0.2) is 0 Å². The third kappa shape index (κ3) is 6.08. The Morgan fingerprint density at radius 3 is 2.52 bits per heavy atom. The average molecular weight is 364 g/mol. The fourth-order valence-electron chi connectivity index (χ4n) is 2.04. The van der Waals surface area contributed by atoms with Crippen LogP contribution in [0.5, 0.6) is 0 Å². The van der Waals surface area contributed by atoms with Crippen molar-refractivity contribution in [1.82, 2.24) is 5.32 Å². The maximum atomic E-state index is 12.0. The molecule has 0 fully saturated rings. The van der Waals surface area contributed by atoms with E-state index in [0.29, 0.717) is 16.3 Å². The molecule has 1 atom stereocenters. The molecule has 0 bridgehead atoms. The topological polar surface area (TPSA) is 85.6 Å². The molecule has 1 N–H and O–H groups in total. The molecule has 0 aliphatic heterocycles. The number of amides is 1.